The van der Waals surface area contributed by atoms with Gasteiger partial charge in [-0.25, -0.2) is 0 Å². The molecule has 0 heterocycles. The van der Waals surface area contributed by atoms with Crippen LogP contribution in [0, 0.1) is 0 Å². The van der Waals surface area contributed by atoms with Crippen LogP contribution in [0.1, 0.15) is 5.56 Å². The normalized spacial score (nSPS) is 12.6. The summed E-state index contributed by atoms with van der Waals surface area (Å²) in [5, 5.41) is 9.66. The molecule has 0 saturated heterocycles. The van der Waals surface area contributed by atoms with E-state index in [4.69, 9.17) is 11.5 Å². The number of hydrogen-bond donors (Lipinski definition) is 4. The summed E-state index contributed by atoms with van der Waals surface area (Å²) < 4.78 is 0. The van der Waals surface area contributed by atoms with Crippen LogP contribution in [0.25, 0.3) is 0 Å². The standard InChI is InChI=1S/C11H17N3O2S/c1-14(9(6-17)11(13)16)5-7-4-8(12)2-3-10(7)15/h2-4,9,15,17H,5-6,12H2,1H3,(H2,13,16)/t9-/m0/s1. The first-order valence-electron chi connectivity index (χ1n) is 5.13. The van der Waals surface area contributed by atoms with E-state index in [-0.39, 0.29) is 5.75 Å². The lowest BCUT2D eigenvalue weighted by atomic mass is 10.1. The first kappa shape index (κ1) is 13.7. The smallest absolute Gasteiger partial charge is 0.235 e. The number of phenolic OH excluding ortho intramolecular Hbond substituents is 1. The maximum Gasteiger partial charge on any atom is 0.235 e. The predicted molar refractivity (Wildman–Crippen MR) is 70.8 cm³/mol. The Labute approximate surface area is 106 Å². The lowest BCUT2D eigenvalue weighted by Crippen LogP contribution is -2.43. The number of likely N-dealkylation sites (N-methyl/N-ethyl adjacent to an activating group) is 1. The van der Waals surface area contributed by atoms with Crippen molar-refractivity contribution in [1.29, 1.82) is 0 Å². The number of thiol groups is 1. The van der Waals surface area contributed by atoms with Gasteiger partial charge in [0, 0.05) is 23.5 Å². The van der Waals surface area contributed by atoms with E-state index in [1.165, 1.54) is 6.07 Å². The molecule has 0 aromatic heterocycles. The Morgan fingerprint density at radius 3 is 2.76 bits per heavy atom. The quantitative estimate of drug-likeness (QED) is 0.343. The van der Waals surface area contributed by atoms with Gasteiger partial charge in [0.05, 0.1) is 6.04 Å². The SMILES string of the molecule is CN(Cc1cc(N)ccc1O)[C@@H](CS)C(N)=O. The van der Waals surface area contributed by atoms with Crippen molar-refractivity contribution in [3.05, 3.63) is 23.8 Å². The molecule has 5 N–H and O–H groups in total. The highest BCUT2D eigenvalue weighted by Crippen LogP contribution is 2.21. The summed E-state index contributed by atoms with van der Waals surface area (Å²) in [6.45, 7) is 0.380. The molecule has 0 saturated carbocycles. The van der Waals surface area contributed by atoms with Crippen LogP contribution in [-0.4, -0.2) is 34.8 Å². The number of rotatable bonds is 5. The zero-order valence-electron chi connectivity index (χ0n) is 9.63. The van der Waals surface area contributed by atoms with Gasteiger partial charge in [0.2, 0.25) is 5.91 Å². The minimum atomic E-state index is -0.473. The van der Waals surface area contributed by atoms with Crippen LogP contribution >= 0.6 is 12.6 Å². The third-order valence-electron chi connectivity index (χ3n) is 2.56. The van der Waals surface area contributed by atoms with Crippen molar-refractivity contribution < 1.29 is 9.90 Å². The Morgan fingerprint density at radius 1 is 1.59 bits per heavy atom. The van der Waals surface area contributed by atoms with Crippen LogP contribution in [0.4, 0.5) is 5.69 Å². The molecule has 17 heavy (non-hydrogen) atoms. The molecule has 1 amide bonds. The molecule has 0 unspecified atom stereocenters. The maximum absolute atomic E-state index is 11.2. The number of nitrogen functional groups attached to an aromatic ring is 1. The summed E-state index contributed by atoms with van der Waals surface area (Å²) in [5.41, 5.74) is 12.1. The Hall–Kier alpha value is -1.40. The number of carbonyl (C=O) groups is 1. The van der Waals surface area contributed by atoms with E-state index in [1.54, 1.807) is 24.1 Å². The molecule has 0 fully saturated rings. The maximum atomic E-state index is 11.2. The molecule has 0 spiro atoms. The number of hydrogen-bond acceptors (Lipinski definition) is 5. The third-order valence-corrected chi connectivity index (χ3v) is 2.90. The number of anilines is 1. The summed E-state index contributed by atoms with van der Waals surface area (Å²) in [5.74, 6) is 0.0360. The van der Waals surface area contributed by atoms with Gasteiger partial charge in [0.1, 0.15) is 5.75 Å². The van der Waals surface area contributed by atoms with Gasteiger partial charge in [0.25, 0.3) is 0 Å². The van der Waals surface area contributed by atoms with Crippen LogP contribution < -0.4 is 11.5 Å². The largest absolute Gasteiger partial charge is 0.508 e. The number of primary amides is 1. The van der Waals surface area contributed by atoms with Crippen LogP contribution in [0.3, 0.4) is 0 Å². The van der Waals surface area contributed by atoms with E-state index in [2.05, 4.69) is 12.6 Å². The number of amides is 1. The summed E-state index contributed by atoms with van der Waals surface area (Å²) in [6, 6.07) is 4.34. The fourth-order valence-electron chi connectivity index (χ4n) is 1.56. The fourth-order valence-corrected chi connectivity index (χ4v) is 2.02. The van der Waals surface area contributed by atoms with Gasteiger partial charge in [0.15, 0.2) is 0 Å². The van der Waals surface area contributed by atoms with E-state index in [0.717, 1.165) is 0 Å². The van der Waals surface area contributed by atoms with E-state index in [0.29, 0.717) is 23.5 Å². The van der Waals surface area contributed by atoms with Gasteiger partial charge in [-0.15, -0.1) is 0 Å². The molecule has 1 rings (SSSR count). The number of nitrogens with zero attached hydrogens (tertiary/aromatic N) is 1. The number of nitrogens with two attached hydrogens (primary N) is 2. The average Bonchev–Trinajstić information content (AvgIpc) is 2.24. The van der Waals surface area contributed by atoms with E-state index >= 15 is 0 Å². The molecule has 6 heteroatoms. The van der Waals surface area contributed by atoms with Crippen molar-refractivity contribution in [3.63, 3.8) is 0 Å². The van der Waals surface area contributed by atoms with Crippen molar-refractivity contribution in [2.24, 2.45) is 5.73 Å². The van der Waals surface area contributed by atoms with E-state index in [9.17, 15) is 9.90 Å². The molecule has 1 aromatic carbocycles. The van der Waals surface area contributed by atoms with Crippen LogP contribution in [-0.2, 0) is 11.3 Å². The van der Waals surface area contributed by atoms with E-state index in [1.807, 2.05) is 0 Å². The molecule has 0 aliphatic heterocycles. The lowest BCUT2D eigenvalue weighted by Gasteiger charge is -2.24. The molecular formula is C11H17N3O2S. The van der Waals surface area contributed by atoms with E-state index < -0.39 is 11.9 Å². The molecule has 0 aliphatic rings. The number of aromatic hydroxyl groups is 1. The van der Waals surface area contributed by atoms with Gasteiger partial charge in [-0.3, -0.25) is 9.69 Å². The highest BCUT2D eigenvalue weighted by Gasteiger charge is 2.19. The molecular weight excluding hydrogens is 238 g/mol. The van der Waals surface area contributed by atoms with Crippen LogP contribution in [0.15, 0.2) is 18.2 Å². The highest BCUT2D eigenvalue weighted by atomic mass is 32.1. The minimum absolute atomic E-state index is 0.147. The topological polar surface area (TPSA) is 92.6 Å². The van der Waals surface area contributed by atoms with Gasteiger partial charge >= 0.3 is 0 Å². The van der Waals surface area contributed by atoms with Crippen molar-refractivity contribution in [2.45, 2.75) is 12.6 Å². The second kappa shape index (κ2) is 5.79. The number of carbonyl (C=O) groups excluding carboxylic acids is 1. The third kappa shape index (κ3) is 3.54. The first-order valence-corrected chi connectivity index (χ1v) is 5.76. The van der Waals surface area contributed by atoms with Crippen LogP contribution in [0.5, 0.6) is 5.75 Å². The molecule has 1 atom stereocenters. The number of phenols is 1. The van der Waals surface area contributed by atoms with Crippen molar-refractivity contribution in [1.82, 2.24) is 4.90 Å². The second-order valence-electron chi connectivity index (χ2n) is 3.90. The molecule has 5 nitrogen and oxygen atoms in total. The van der Waals surface area contributed by atoms with Crippen LogP contribution in [0.2, 0.25) is 0 Å². The highest BCUT2D eigenvalue weighted by molar-refractivity contribution is 7.80. The zero-order chi connectivity index (χ0) is 13.0. The van der Waals surface area contributed by atoms with Gasteiger partial charge in [-0.2, -0.15) is 12.6 Å². The predicted octanol–water partition coefficient (Wildman–Crippen LogP) is 0.190. The number of benzene rings is 1. The molecule has 94 valence electrons. The molecule has 0 bridgehead atoms. The Bertz CT molecular complexity index is 412. The summed E-state index contributed by atoms with van der Waals surface area (Å²) in [4.78, 5) is 12.9. The fraction of sp³-hybridized carbons (Fsp3) is 0.364. The summed E-state index contributed by atoms with van der Waals surface area (Å²) in [6.07, 6.45) is 0. The lowest BCUT2D eigenvalue weighted by molar-refractivity contribution is -0.122. The molecule has 0 aliphatic carbocycles. The molecule has 1 aromatic rings. The first-order chi connectivity index (χ1) is 7.95. The van der Waals surface area contributed by atoms with Crippen molar-refractivity contribution >= 4 is 24.2 Å². The Morgan fingerprint density at radius 2 is 2.24 bits per heavy atom. The monoisotopic (exact) mass is 255 g/mol. The van der Waals surface area contributed by atoms with Crippen molar-refractivity contribution in [3.8, 4) is 5.75 Å². The summed E-state index contributed by atoms with van der Waals surface area (Å²) >= 11 is 4.08. The van der Waals surface area contributed by atoms with Crippen molar-refractivity contribution in [2.75, 3.05) is 18.5 Å². The Balaban J connectivity index is 2.83. The van der Waals surface area contributed by atoms with Gasteiger partial charge in [-0.1, -0.05) is 0 Å². The average molecular weight is 255 g/mol. The second-order valence-corrected chi connectivity index (χ2v) is 4.27. The van der Waals surface area contributed by atoms with Gasteiger partial charge < -0.3 is 16.6 Å². The van der Waals surface area contributed by atoms with Gasteiger partial charge in [-0.05, 0) is 25.2 Å². The molecule has 0 radical (unpaired) electrons. The zero-order valence-corrected chi connectivity index (χ0v) is 10.5. The summed E-state index contributed by atoms with van der Waals surface area (Å²) in [7, 11) is 1.74. The minimum Gasteiger partial charge on any atom is -0.508 e. The Kier molecular flexibility index (Phi) is 4.65.